The van der Waals surface area contributed by atoms with Crippen LogP contribution in [0.3, 0.4) is 0 Å². The number of hydrogen-bond donors (Lipinski definition) is 2. The highest BCUT2D eigenvalue weighted by Crippen LogP contribution is 2.12. The molecule has 0 amide bonds. The SMILES string of the molecule is I.N#Cc1cccc(CSC(=N)N)c1. The fourth-order valence-electron chi connectivity index (χ4n) is 0.892. The van der Waals surface area contributed by atoms with Crippen LogP contribution in [-0.4, -0.2) is 5.17 Å². The Morgan fingerprint density at radius 2 is 2.29 bits per heavy atom. The fraction of sp³-hybridized carbons (Fsp3) is 0.111. The van der Waals surface area contributed by atoms with Crippen LogP contribution in [0, 0.1) is 16.7 Å². The minimum Gasteiger partial charge on any atom is -0.379 e. The summed E-state index contributed by atoms with van der Waals surface area (Å²) >= 11 is 1.26. The summed E-state index contributed by atoms with van der Waals surface area (Å²) in [6.07, 6.45) is 0. The molecule has 3 N–H and O–H groups in total. The molecule has 0 atom stereocenters. The second-order valence-corrected chi connectivity index (χ2v) is 3.48. The van der Waals surface area contributed by atoms with Gasteiger partial charge in [-0.3, -0.25) is 5.41 Å². The van der Waals surface area contributed by atoms with E-state index in [0.29, 0.717) is 11.3 Å². The fourth-order valence-corrected chi connectivity index (χ4v) is 1.39. The molecular weight excluding hydrogens is 309 g/mol. The van der Waals surface area contributed by atoms with Crippen LogP contribution < -0.4 is 5.73 Å². The predicted octanol–water partition coefficient (Wildman–Crippen LogP) is 2.30. The molecule has 1 rings (SSSR count). The van der Waals surface area contributed by atoms with E-state index in [0.717, 1.165) is 5.56 Å². The second kappa shape index (κ2) is 6.68. The van der Waals surface area contributed by atoms with Crippen LogP contribution in [0.15, 0.2) is 24.3 Å². The van der Waals surface area contributed by atoms with Crippen molar-refractivity contribution in [3.8, 4) is 6.07 Å². The summed E-state index contributed by atoms with van der Waals surface area (Å²) in [5.41, 5.74) is 6.85. The second-order valence-electron chi connectivity index (χ2n) is 2.47. The van der Waals surface area contributed by atoms with Gasteiger partial charge in [-0.25, -0.2) is 0 Å². The minimum absolute atomic E-state index is 0. The first-order valence-electron chi connectivity index (χ1n) is 3.68. The maximum absolute atomic E-state index is 8.62. The Morgan fingerprint density at radius 1 is 1.57 bits per heavy atom. The molecule has 5 heteroatoms. The van der Waals surface area contributed by atoms with Gasteiger partial charge in [0.2, 0.25) is 0 Å². The first-order valence-corrected chi connectivity index (χ1v) is 4.67. The van der Waals surface area contributed by atoms with E-state index in [4.69, 9.17) is 16.4 Å². The van der Waals surface area contributed by atoms with Gasteiger partial charge < -0.3 is 5.73 Å². The maximum Gasteiger partial charge on any atom is 0.151 e. The molecule has 1 aromatic rings. The highest BCUT2D eigenvalue weighted by Gasteiger charge is 1.96. The Bertz CT molecular complexity index is 359. The third-order valence-corrected chi connectivity index (χ3v) is 2.24. The Kier molecular flexibility index (Phi) is 6.32. The van der Waals surface area contributed by atoms with E-state index in [2.05, 4.69) is 6.07 Å². The Hall–Kier alpha value is -0.740. The van der Waals surface area contributed by atoms with E-state index >= 15 is 0 Å². The lowest BCUT2D eigenvalue weighted by Crippen LogP contribution is -2.03. The normalized spacial score (nSPS) is 8.50. The number of thioether (sulfide) groups is 1. The molecule has 0 aliphatic heterocycles. The van der Waals surface area contributed by atoms with Crippen LogP contribution in [-0.2, 0) is 5.75 Å². The lowest BCUT2D eigenvalue weighted by molar-refractivity contribution is 1.39. The van der Waals surface area contributed by atoms with Crippen molar-refractivity contribution < 1.29 is 0 Å². The number of nitrogens with one attached hydrogen (secondary N) is 1. The van der Waals surface area contributed by atoms with Crippen LogP contribution in [0.2, 0.25) is 0 Å². The molecule has 1 aromatic carbocycles. The van der Waals surface area contributed by atoms with Gasteiger partial charge >= 0.3 is 0 Å². The van der Waals surface area contributed by atoms with Crippen LogP contribution in [0.1, 0.15) is 11.1 Å². The summed E-state index contributed by atoms with van der Waals surface area (Å²) < 4.78 is 0. The summed E-state index contributed by atoms with van der Waals surface area (Å²) in [4.78, 5) is 0. The standard InChI is InChI=1S/C9H9N3S.HI/c10-5-7-2-1-3-8(4-7)6-13-9(11)12;/h1-4H,6H2,(H3,11,12);1H. The van der Waals surface area contributed by atoms with Crippen molar-refractivity contribution in [3.05, 3.63) is 35.4 Å². The average molecular weight is 319 g/mol. The molecule has 0 bridgehead atoms. The van der Waals surface area contributed by atoms with Crippen molar-refractivity contribution in [2.45, 2.75) is 5.75 Å². The summed E-state index contributed by atoms with van der Waals surface area (Å²) in [5.74, 6) is 0.644. The average Bonchev–Trinajstić information content (AvgIpc) is 2.15. The van der Waals surface area contributed by atoms with Crippen LogP contribution in [0.4, 0.5) is 0 Å². The summed E-state index contributed by atoms with van der Waals surface area (Å²) in [6.45, 7) is 0. The van der Waals surface area contributed by atoms with E-state index in [-0.39, 0.29) is 29.1 Å². The van der Waals surface area contributed by atoms with E-state index in [9.17, 15) is 0 Å². The number of benzene rings is 1. The summed E-state index contributed by atoms with van der Waals surface area (Å²) in [7, 11) is 0. The lowest BCUT2D eigenvalue weighted by Gasteiger charge is -1.99. The van der Waals surface area contributed by atoms with Crippen LogP contribution >= 0.6 is 35.7 Å². The first-order chi connectivity index (χ1) is 6.22. The third-order valence-electron chi connectivity index (χ3n) is 1.45. The third kappa shape index (κ3) is 4.48. The molecule has 3 nitrogen and oxygen atoms in total. The number of halogens is 1. The predicted molar refractivity (Wildman–Crippen MR) is 69.8 cm³/mol. The number of hydrogen-bond acceptors (Lipinski definition) is 3. The molecule has 0 aliphatic rings. The lowest BCUT2D eigenvalue weighted by atomic mass is 10.2. The van der Waals surface area contributed by atoms with Gasteiger partial charge in [0.1, 0.15) is 0 Å². The molecule has 0 saturated heterocycles. The van der Waals surface area contributed by atoms with Crippen LogP contribution in [0.5, 0.6) is 0 Å². The van der Waals surface area contributed by atoms with Gasteiger partial charge in [-0.2, -0.15) is 5.26 Å². The largest absolute Gasteiger partial charge is 0.379 e. The summed E-state index contributed by atoms with van der Waals surface area (Å²) in [6, 6.07) is 9.36. The van der Waals surface area contributed by atoms with Gasteiger partial charge in [-0.05, 0) is 17.7 Å². The minimum atomic E-state index is 0. The van der Waals surface area contributed by atoms with Gasteiger partial charge in [-0.1, -0.05) is 23.9 Å². The molecule has 14 heavy (non-hydrogen) atoms. The van der Waals surface area contributed by atoms with Crippen molar-refractivity contribution in [1.29, 1.82) is 10.7 Å². The molecule has 0 heterocycles. The number of nitrogens with two attached hydrogens (primary N) is 1. The smallest absolute Gasteiger partial charge is 0.151 e. The van der Waals surface area contributed by atoms with Crippen LogP contribution in [0.25, 0.3) is 0 Å². The van der Waals surface area contributed by atoms with Crippen molar-refractivity contribution in [2.24, 2.45) is 5.73 Å². The van der Waals surface area contributed by atoms with E-state index in [1.165, 1.54) is 11.8 Å². The molecule has 0 aromatic heterocycles. The molecule has 0 saturated carbocycles. The van der Waals surface area contributed by atoms with Crippen molar-refractivity contribution >= 4 is 40.9 Å². The zero-order valence-corrected chi connectivity index (χ0v) is 10.5. The van der Waals surface area contributed by atoms with Crippen molar-refractivity contribution in [1.82, 2.24) is 0 Å². The zero-order valence-electron chi connectivity index (χ0n) is 7.36. The Balaban J connectivity index is 0.00000169. The highest BCUT2D eigenvalue weighted by atomic mass is 127. The number of nitrogens with zero attached hydrogens (tertiary/aromatic N) is 1. The Labute approximate surface area is 104 Å². The van der Waals surface area contributed by atoms with Gasteiger partial charge in [0, 0.05) is 5.75 Å². The number of amidine groups is 1. The Morgan fingerprint density at radius 3 is 2.86 bits per heavy atom. The molecule has 0 spiro atoms. The first kappa shape index (κ1) is 13.3. The summed E-state index contributed by atoms with van der Waals surface area (Å²) in [5, 5.41) is 15.7. The molecule has 0 aliphatic carbocycles. The van der Waals surface area contributed by atoms with E-state index in [1.54, 1.807) is 12.1 Å². The molecular formula is C9H10IN3S. The molecule has 0 fully saturated rings. The van der Waals surface area contributed by atoms with Gasteiger partial charge in [-0.15, -0.1) is 24.0 Å². The maximum atomic E-state index is 8.62. The van der Waals surface area contributed by atoms with Gasteiger partial charge in [0.25, 0.3) is 0 Å². The van der Waals surface area contributed by atoms with Gasteiger partial charge in [0.15, 0.2) is 5.17 Å². The monoisotopic (exact) mass is 319 g/mol. The molecule has 74 valence electrons. The number of rotatable bonds is 2. The zero-order chi connectivity index (χ0) is 9.68. The molecule has 0 radical (unpaired) electrons. The quantitative estimate of drug-likeness (QED) is 0.499. The van der Waals surface area contributed by atoms with Crippen molar-refractivity contribution in [2.75, 3.05) is 0 Å². The van der Waals surface area contributed by atoms with E-state index in [1.807, 2.05) is 12.1 Å². The highest BCUT2D eigenvalue weighted by molar-refractivity contribution is 14.0. The molecule has 0 unspecified atom stereocenters. The topological polar surface area (TPSA) is 73.7 Å². The van der Waals surface area contributed by atoms with E-state index < -0.39 is 0 Å². The van der Waals surface area contributed by atoms with Crippen molar-refractivity contribution in [3.63, 3.8) is 0 Å². The van der Waals surface area contributed by atoms with Gasteiger partial charge in [0.05, 0.1) is 11.6 Å². The number of nitriles is 1.